The second kappa shape index (κ2) is 6.03. The molecule has 3 nitrogen and oxygen atoms in total. The third-order valence-corrected chi connectivity index (χ3v) is 3.32. The number of rotatable bonds is 4. The van der Waals surface area contributed by atoms with Crippen LogP contribution >= 0.6 is 0 Å². The summed E-state index contributed by atoms with van der Waals surface area (Å²) in [7, 11) is 1.72. The Morgan fingerprint density at radius 1 is 1.24 bits per heavy atom. The second-order valence-corrected chi connectivity index (χ2v) is 4.69. The minimum absolute atomic E-state index is 0.908. The van der Waals surface area contributed by atoms with Gasteiger partial charge in [0.1, 0.15) is 5.75 Å². The van der Waals surface area contributed by atoms with Gasteiger partial charge in [-0.3, -0.25) is 5.43 Å². The lowest BCUT2D eigenvalue weighted by Crippen LogP contribution is -2.41. The average Bonchev–Trinajstić information content (AvgIpc) is 2.38. The SMILES string of the molecule is COc1ccc(CNN2CCCCC2)cc1C. The summed E-state index contributed by atoms with van der Waals surface area (Å²) in [5, 5.41) is 2.34. The van der Waals surface area contributed by atoms with Gasteiger partial charge in [0, 0.05) is 19.6 Å². The van der Waals surface area contributed by atoms with Crippen LogP contribution in [-0.2, 0) is 6.54 Å². The Morgan fingerprint density at radius 2 is 2.00 bits per heavy atom. The number of hydrogen-bond donors (Lipinski definition) is 1. The van der Waals surface area contributed by atoms with E-state index in [-0.39, 0.29) is 0 Å². The Bertz CT molecular complexity index is 359. The molecular weight excluding hydrogens is 212 g/mol. The molecule has 0 bridgehead atoms. The number of hydrogen-bond acceptors (Lipinski definition) is 3. The number of hydrazine groups is 1. The third kappa shape index (κ3) is 3.45. The normalized spacial score (nSPS) is 17.1. The van der Waals surface area contributed by atoms with Gasteiger partial charge in [-0.2, -0.15) is 0 Å². The van der Waals surface area contributed by atoms with Crippen molar-refractivity contribution in [1.29, 1.82) is 0 Å². The molecule has 1 aliphatic rings. The predicted molar refractivity (Wildman–Crippen MR) is 70.0 cm³/mol. The van der Waals surface area contributed by atoms with Crippen molar-refractivity contribution >= 4 is 0 Å². The van der Waals surface area contributed by atoms with Gasteiger partial charge in [-0.1, -0.05) is 18.6 Å². The highest BCUT2D eigenvalue weighted by atomic mass is 16.5. The zero-order valence-corrected chi connectivity index (χ0v) is 10.8. The van der Waals surface area contributed by atoms with Gasteiger partial charge >= 0.3 is 0 Å². The van der Waals surface area contributed by atoms with Gasteiger partial charge in [-0.25, -0.2) is 5.01 Å². The van der Waals surface area contributed by atoms with E-state index in [2.05, 4.69) is 29.5 Å². The highest BCUT2D eigenvalue weighted by molar-refractivity contribution is 5.36. The maximum Gasteiger partial charge on any atom is 0.121 e. The summed E-state index contributed by atoms with van der Waals surface area (Å²) < 4.78 is 5.26. The van der Waals surface area contributed by atoms with Crippen molar-refractivity contribution in [2.24, 2.45) is 0 Å². The van der Waals surface area contributed by atoms with Crippen molar-refractivity contribution in [2.75, 3.05) is 20.2 Å². The summed E-state index contributed by atoms with van der Waals surface area (Å²) in [4.78, 5) is 0. The third-order valence-electron chi connectivity index (χ3n) is 3.32. The fourth-order valence-corrected chi connectivity index (χ4v) is 2.31. The van der Waals surface area contributed by atoms with Crippen LogP contribution < -0.4 is 10.2 Å². The Hall–Kier alpha value is -1.06. The molecule has 0 spiro atoms. The molecule has 1 N–H and O–H groups in total. The van der Waals surface area contributed by atoms with Gasteiger partial charge in [0.15, 0.2) is 0 Å². The van der Waals surface area contributed by atoms with Gasteiger partial charge in [-0.05, 0) is 37.0 Å². The van der Waals surface area contributed by atoms with Crippen molar-refractivity contribution in [1.82, 2.24) is 10.4 Å². The van der Waals surface area contributed by atoms with Crippen molar-refractivity contribution in [3.63, 3.8) is 0 Å². The lowest BCUT2D eigenvalue weighted by molar-refractivity contribution is 0.151. The lowest BCUT2D eigenvalue weighted by Gasteiger charge is -2.27. The minimum Gasteiger partial charge on any atom is -0.496 e. The Balaban J connectivity index is 1.87. The molecule has 0 saturated carbocycles. The molecule has 1 heterocycles. The predicted octanol–water partition coefficient (Wildman–Crippen LogP) is 2.49. The maximum atomic E-state index is 5.26. The molecule has 1 aliphatic heterocycles. The van der Waals surface area contributed by atoms with Crippen molar-refractivity contribution in [2.45, 2.75) is 32.7 Å². The Labute approximate surface area is 104 Å². The van der Waals surface area contributed by atoms with Crippen LogP contribution in [0.25, 0.3) is 0 Å². The fourth-order valence-electron chi connectivity index (χ4n) is 2.31. The Morgan fingerprint density at radius 3 is 2.65 bits per heavy atom. The standard InChI is InChI=1S/C14H22N2O/c1-12-10-13(6-7-14(12)17-2)11-15-16-8-4-3-5-9-16/h6-7,10,15H,3-5,8-9,11H2,1-2H3. The number of aryl methyl sites for hydroxylation is 1. The molecule has 0 radical (unpaired) electrons. The molecule has 1 aromatic rings. The topological polar surface area (TPSA) is 24.5 Å². The molecule has 2 rings (SSSR count). The van der Waals surface area contributed by atoms with E-state index in [4.69, 9.17) is 4.74 Å². The smallest absolute Gasteiger partial charge is 0.121 e. The van der Waals surface area contributed by atoms with Crippen molar-refractivity contribution in [3.8, 4) is 5.75 Å². The fraction of sp³-hybridized carbons (Fsp3) is 0.571. The van der Waals surface area contributed by atoms with E-state index in [1.54, 1.807) is 7.11 Å². The zero-order chi connectivity index (χ0) is 12.1. The van der Waals surface area contributed by atoms with Crippen LogP contribution in [0.2, 0.25) is 0 Å². The van der Waals surface area contributed by atoms with Gasteiger partial charge in [0.25, 0.3) is 0 Å². The molecule has 0 amide bonds. The number of nitrogens with one attached hydrogen (secondary N) is 1. The number of methoxy groups -OCH3 is 1. The van der Waals surface area contributed by atoms with Crippen LogP contribution in [0.5, 0.6) is 5.75 Å². The lowest BCUT2D eigenvalue weighted by atomic mass is 10.1. The van der Waals surface area contributed by atoms with Crippen LogP contribution in [0, 0.1) is 6.92 Å². The second-order valence-electron chi connectivity index (χ2n) is 4.69. The molecule has 0 aliphatic carbocycles. The summed E-state index contributed by atoms with van der Waals surface area (Å²) in [5.74, 6) is 0.965. The van der Waals surface area contributed by atoms with Gasteiger partial charge < -0.3 is 4.74 Å². The van der Waals surface area contributed by atoms with Gasteiger partial charge in [0.05, 0.1) is 7.11 Å². The first kappa shape index (κ1) is 12.4. The Kier molecular flexibility index (Phi) is 4.40. The van der Waals surface area contributed by atoms with Gasteiger partial charge in [-0.15, -0.1) is 0 Å². The van der Waals surface area contributed by atoms with Gasteiger partial charge in [0.2, 0.25) is 0 Å². The number of nitrogens with zero attached hydrogens (tertiary/aromatic N) is 1. The van der Waals surface area contributed by atoms with E-state index >= 15 is 0 Å². The van der Waals surface area contributed by atoms with Crippen LogP contribution in [0.4, 0.5) is 0 Å². The number of benzene rings is 1. The molecule has 1 saturated heterocycles. The quantitative estimate of drug-likeness (QED) is 0.866. The molecule has 0 atom stereocenters. The molecule has 17 heavy (non-hydrogen) atoms. The molecular formula is C14H22N2O. The van der Waals surface area contributed by atoms with E-state index in [1.165, 1.54) is 43.5 Å². The summed E-state index contributed by atoms with van der Waals surface area (Å²) in [5.41, 5.74) is 6.01. The van der Waals surface area contributed by atoms with Crippen molar-refractivity contribution in [3.05, 3.63) is 29.3 Å². The monoisotopic (exact) mass is 234 g/mol. The molecule has 0 unspecified atom stereocenters. The first-order valence-corrected chi connectivity index (χ1v) is 6.41. The largest absolute Gasteiger partial charge is 0.496 e. The molecule has 3 heteroatoms. The van der Waals surface area contributed by atoms with E-state index < -0.39 is 0 Å². The number of piperidine rings is 1. The minimum atomic E-state index is 0.908. The van der Waals surface area contributed by atoms with E-state index in [0.29, 0.717) is 0 Å². The summed E-state index contributed by atoms with van der Waals surface area (Å²) in [6.07, 6.45) is 4.00. The van der Waals surface area contributed by atoms with E-state index in [9.17, 15) is 0 Å². The van der Waals surface area contributed by atoms with Crippen LogP contribution in [0.3, 0.4) is 0 Å². The molecule has 1 aromatic carbocycles. The van der Waals surface area contributed by atoms with Crippen LogP contribution in [-0.4, -0.2) is 25.2 Å². The first-order chi connectivity index (χ1) is 8.29. The summed E-state index contributed by atoms with van der Waals surface area (Å²) >= 11 is 0. The number of ether oxygens (including phenoxy) is 1. The average molecular weight is 234 g/mol. The van der Waals surface area contributed by atoms with Crippen LogP contribution in [0.1, 0.15) is 30.4 Å². The highest BCUT2D eigenvalue weighted by Crippen LogP contribution is 2.18. The zero-order valence-electron chi connectivity index (χ0n) is 10.8. The first-order valence-electron chi connectivity index (χ1n) is 6.41. The highest BCUT2D eigenvalue weighted by Gasteiger charge is 2.09. The molecule has 1 fully saturated rings. The summed E-state index contributed by atoms with van der Waals surface area (Å²) in [6.45, 7) is 5.35. The van der Waals surface area contributed by atoms with E-state index in [0.717, 1.165) is 12.3 Å². The summed E-state index contributed by atoms with van der Waals surface area (Å²) in [6, 6.07) is 6.36. The van der Waals surface area contributed by atoms with E-state index in [1.807, 2.05) is 6.07 Å². The molecule has 94 valence electrons. The maximum absolute atomic E-state index is 5.26. The van der Waals surface area contributed by atoms with Crippen molar-refractivity contribution < 1.29 is 4.74 Å². The van der Waals surface area contributed by atoms with Crippen LogP contribution in [0.15, 0.2) is 18.2 Å². The molecule has 0 aromatic heterocycles.